The van der Waals surface area contributed by atoms with Gasteiger partial charge in [0.1, 0.15) is 0 Å². The lowest BCUT2D eigenvalue weighted by molar-refractivity contribution is 0.0551. The Kier molecular flexibility index (Phi) is 5.82. The van der Waals surface area contributed by atoms with Crippen molar-refractivity contribution in [2.75, 3.05) is 38.3 Å². The van der Waals surface area contributed by atoms with E-state index in [2.05, 4.69) is 11.6 Å². The van der Waals surface area contributed by atoms with Crippen molar-refractivity contribution in [3.8, 4) is 0 Å². The smallest absolute Gasteiger partial charge is 0.0506 e. The number of hydrogen-bond donors (Lipinski definition) is 1. The van der Waals surface area contributed by atoms with E-state index in [1.165, 1.54) is 18.6 Å². The zero-order valence-electron chi connectivity index (χ0n) is 7.84. The highest BCUT2D eigenvalue weighted by Gasteiger charge is 2.12. The SMILES string of the molecule is CSCCNCC1CCCOC1. The van der Waals surface area contributed by atoms with Crippen LogP contribution in [-0.2, 0) is 4.74 Å². The van der Waals surface area contributed by atoms with Gasteiger partial charge < -0.3 is 10.1 Å². The Morgan fingerprint density at radius 1 is 1.58 bits per heavy atom. The predicted molar refractivity (Wildman–Crippen MR) is 54.8 cm³/mol. The van der Waals surface area contributed by atoms with Crippen LogP contribution in [0.15, 0.2) is 0 Å². The summed E-state index contributed by atoms with van der Waals surface area (Å²) in [4.78, 5) is 0. The maximum absolute atomic E-state index is 5.39. The molecule has 1 rings (SSSR count). The van der Waals surface area contributed by atoms with Crippen molar-refractivity contribution in [3.63, 3.8) is 0 Å². The van der Waals surface area contributed by atoms with Gasteiger partial charge in [-0.1, -0.05) is 0 Å². The van der Waals surface area contributed by atoms with Crippen molar-refractivity contribution in [3.05, 3.63) is 0 Å². The second-order valence-corrected chi connectivity index (χ2v) is 4.27. The van der Waals surface area contributed by atoms with Crippen LogP contribution < -0.4 is 5.32 Å². The largest absolute Gasteiger partial charge is 0.381 e. The van der Waals surface area contributed by atoms with Gasteiger partial charge in [-0.25, -0.2) is 0 Å². The summed E-state index contributed by atoms with van der Waals surface area (Å²) < 4.78 is 5.39. The Morgan fingerprint density at radius 2 is 2.50 bits per heavy atom. The Hall–Kier alpha value is 0.270. The maximum Gasteiger partial charge on any atom is 0.0506 e. The van der Waals surface area contributed by atoms with Crippen LogP contribution in [0.1, 0.15) is 12.8 Å². The van der Waals surface area contributed by atoms with Gasteiger partial charge in [0.05, 0.1) is 6.61 Å². The molecule has 0 aromatic rings. The van der Waals surface area contributed by atoms with Gasteiger partial charge in [-0.05, 0) is 25.0 Å². The number of hydrogen-bond acceptors (Lipinski definition) is 3. The van der Waals surface area contributed by atoms with E-state index in [9.17, 15) is 0 Å². The van der Waals surface area contributed by atoms with Gasteiger partial charge in [0.15, 0.2) is 0 Å². The van der Waals surface area contributed by atoms with Crippen LogP contribution >= 0.6 is 11.8 Å². The van der Waals surface area contributed by atoms with Gasteiger partial charge in [0.25, 0.3) is 0 Å². The monoisotopic (exact) mass is 189 g/mol. The molecule has 0 amide bonds. The molecule has 1 saturated heterocycles. The van der Waals surface area contributed by atoms with Crippen molar-refractivity contribution in [1.82, 2.24) is 5.32 Å². The lowest BCUT2D eigenvalue weighted by Gasteiger charge is -2.22. The first-order valence-corrected chi connectivity index (χ1v) is 6.10. The minimum absolute atomic E-state index is 0.764. The fraction of sp³-hybridized carbons (Fsp3) is 1.00. The second kappa shape index (κ2) is 6.75. The molecule has 0 radical (unpaired) electrons. The second-order valence-electron chi connectivity index (χ2n) is 3.28. The molecule has 3 heteroatoms. The molecule has 0 aromatic carbocycles. The molecule has 2 nitrogen and oxygen atoms in total. The van der Waals surface area contributed by atoms with E-state index in [4.69, 9.17) is 4.74 Å². The van der Waals surface area contributed by atoms with Crippen LogP contribution in [-0.4, -0.2) is 38.3 Å². The third kappa shape index (κ3) is 4.33. The van der Waals surface area contributed by atoms with E-state index >= 15 is 0 Å². The fourth-order valence-corrected chi connectivity index (χ4v) is 1.80. The van der Waals surface area contributed by atoms with Crippen LogP contribution in [0.5, 0.6) is 0 Å². The topological polar surface area (TPSA) is 21.3 Å². The van der Waals surface area contributed by atoms with Gasteiger partial charge in [-0.15, -0.1) is 0 Å². The molecular formula is C9H19NOS. The number of nitrogens with one attached hydrogen (secondary N) is 1. The van der Waals surface area contributed by atoms with E-state index < -0.39 is 0 Å². The highest BCUT2D eigenvalue weighted by atomic mass is 32.2. The average Bonchev–Trinajstić information content (AvgIpc) is 2.14. The molecule has 1 N–H and O–H groups in total. The molecule has 0 saturated carbocycles. The van der Waals surface area contributed by atoms with E-state index in [0.717, 1.165) is 32.2 Å². The molecule has 0 aliphatic carbocycles. The summed E-state index contributed by atoms with van der Waals surface area (Å²) in [6.45, 7) is 4.21. The molecule has 1 aliphatic heterocycles. The summed E-state index contributed by atoms with van der Waals surface area (Å²) in [5.74, 6) is 1.98. The summed E-state index contributed by atoms with van der Waals surface area (Å²) in [6.07, 6.45) is 4.73. The highest BCUT2D eigenvalue weighted by molar-refractivity contribution is 7.98. The summed E-state index contributed by atoms with van der Waals surface area (Å²) in [7, 11) is 0. The minimum Gasteiger partial charge on any atom is -0.381 e. The standard InChI is InChI=1S/C9H19NOS/c1-12-6-4-10-7-9-3-2-5-11-8-9/h9-10H,2-8H2,1H3. The van der Waals surface area contributed by atoms with Crippen LogP contribution in [0.3, 0.4) is 0 Å². The molecule has 1 atom stereocenters. The summed E-state index contributed by atoms with van der Waals surface area (Å²) in [6, 6.07) is 0. The van der Waals surface area contributed by atoms with E-state index in [-0.39, 0.29) is 0 Å². The zero-order valence-corrected chi connectivity index (χ0v) is 8.66. The molecule has 72 valence electrons. The Bertz CT molecular complexity index is 105. The fourth-order valence-electron chi connectivity index (χ4n) is 1.45. The Morgan fingerprint density at radius 3 is 3.17 bits per heavy atom. The molecule has 1 heterocycles. The van der Waals surface area contributed by atoms with Crippen LogP contribution in [0, 0.1) is 5.92 Å². The van der Waals surface area contributed by atoms with Crippen molar-refractivity contribution in [1.29, 1.82) is 0 Å². The number of ether oxygens (including phenoxy) is 1. The van der Waals surface area contributed by atoms with Gasteiger partial charge in [0.2, 0.25) is 0 Å². The summed E-state index contributed by atoms with van der Waals surface area (Å²) in [5, 5.41) is 3.46. The minimum atomic E-state index is 0.764. The van der Waals surface area contributed by atoms with Gasteiger partial charge >= 0.3 is 0 Å². The molecule has 1 aliphatic rings. The lowest BCUT2D eigenvalue weighted by Crippen LogP contribution is -2.30. The Balaban J connectivity index is 1.91. The predicted octanol–water partition coefficient (Wildman–Crippen LogP) is 1.37. The van der Waals surface area contributed by atoms with Crippen molar-refractivity contribution >= 4 is 11.8 Å². The van der Waals surface area contributed by atoms with Gasteiger partial charge in [-0.3, -0.25) is 0 Å². The number of rotatable bonds is 5. The van der Waals surface area contributed by atoms with Crippen LogP contribution in [0.25, 0.3) is 0 Å². The van der Waals surface area contributed by atoms with Crippen molar-refractivity contribution in [2.24, 2.45) is 5.92 Å². The highest BCUT2D eigenvalue weighted by Crippen LogP contribution is 2.11. The Labute approximate surface area is 79.4 Å². The summed E-state index contributed by atoms with van der Waals surface area (Å²) >= 11 is 1.89. The van der Waals surface area contributed by atoms with E-state index in [1.54, 1.807) is 0 Å². The van der Waals surface area contributed by atoms with Gasteiger partial charge in [0, 0.05) is 25.4 Å². The lowest BCUT2D eigenvalue weighted by atomic mass is 10.0. The first-order valence-electron chi connectivity index (χ1n) is 4.71. The van der Waals surface area contributed by atoms with Crippen molar-refractivity contribution < 1.29 is 4.74 Å². The molecule has 1 fully saturated rings. The average molecular weight is 189 g/mol. The maximum atomic E-state index is 5.39. The third-order valence-electron chi connectivity index (χ3n) is 2.17. The van der Waals surface area contributed by atoms with Gasteiger partial charge in [-0.2, -0.15) is 11.8 Å². The quantitative estimate of drug-likeness (QED) is 0.660. The molecule has 1 unspecified atom stereocenters. The van der Waals surface area contributed by atoms with Crippen LogP contribution in [0.2, 0.25) is 0 Å². The molecule has 12 heavy (non-hydrogen) atoms. The summed E-state index contributed by atoms with van der Waals surface area (Å²) in [5.41, 5.74) is 0. The first-order chi connectivity index (χ1) is 5.93. The zero-order chi connectivity index (χ0) is 8.65. The third-order valence-corrected chi connectivity index (χ3v) is 2.78. The number of thioether (sulfide) groups is 1. The molecule has 0 aromatic heterocycles. The molecule has 0 bridgehead atoms. The van der Waals surface area contributed by atoms with E-state index in [0.29, 0.717) is 0 Å². The van der Waals surface area contributed by atoms with E-state index in [1.807, 2.05) is 11.8 Å². The molecular weight excluding hydrogens is 170 g/mol. The normalized spacial score (nSPS) is 24.2. The van der Waals surface area contributed by atoms with Crippen molar-refractivity contribution in [2.45, 2.75) is 12.8 Å². The van der Waals surface area contributed by atoms with Crippen LogP contribution in [0.4, 0.5) is 0 Å². The first kappa shape index (κ1) is 10.4. The molecule has 0 spiro atoms.